The van der Waals surface area contributed by atoms with Gasteiger partial charge in [-0.2, -0.15) is 0 Å². The van der Waals surface area contributed by atoms with Gasteiger partial charge in [-0.05, 0) is 28.8 Å². The maximum atomic E-state index is 13.7. The van der Waals surface area contributed by atoms with Gasteiger partial charge in [0.25, 0.3) is 5.91 Å². The summed E-state index contributed by atoms with van der Waals surface area (Å²) in [6, 6.07) is 25.7. The van der Waals surface area contributed by atoms with E-state index >= 15 is 0 Å². The number of methoxy groups -OCH3 is 1. The van der Waals surface area contributed by atoms with E-state index in [9.17, 15) is 9.59 Å². The fourth-order valence-electron chi connectivity index (χ4n) is 3.78. The number of nitrogens with zero attached hydrogens (tertiary/aromatic N) is 1. The monoisotopic (exact) mass is 399 g/mol. The van der Waals surface area contributed by atoms with Crippen LogP contribution in [0.1, 0.15) is 27.0 Å². The summed E-state index contributed by atoms with van der Waals surface area (Å²) in [4.78, 5) is 27.0. The smallest absolute Gasteiger partial charge is 0.337 e. The molecule has 6 heteroatoms. The van der Waals surface area contributed by atoms with Crippen molar-refractivity contribution < 1.29 is 14.3 Å². The van der Waals surface area contributed by atoms with Gasteiger partial charge in [0.05, 0.1) is 19.2 Å². The predicted molar refractivity (Wildman–Crippen MR) is 113 cm³/mol. The van der Waals surface area contributed by atoms with Crippen molar-refractivity contribution in [2.45, 2.75) is 12.1 Å². The van der Waals surface area contributed by atoms with Gasteiger partial charge >= 0.3 is 5.97 Å². The molecule has 3 aromatic carbocycles. The van der Waals surface area contributed by atoms with Crippen molar-refractivity contribution in [1.29, 1.82) is 5.41 Å². The minimum atomic E-state index is -1.18. The molecule has 0 unspecified atom stereocenters. The molecule has 0 bridgehead atoms. The molecule has 150 valence electrons. The number of carbonyl (C=O) groups excluding carboxylic acids is 2. The molecule has 0 aromatic heterocycles. The largest absolute Gasteiger partial charge is 0.465 e. The molecule has 1 aliphatic heterocycles. The van der Waals surface area contributed by atoms with Gasteiger partial charge in [0.15, 0.2) is 11.5 Å². The normalized spacial score (nSPS) is 15.0. The summed E-state index contributed by atoms with van der Waals surface area (Å²) >= 11 is 0. The van der Waals surface area contributed by atoms with Gasteiger partial charge < -0.3 is 10.1 Å². The van der Waals surface area contributed by atoms with Crippen LogP contribution in [0.4, 0.5) is 0 Å². The summed E-state index contributed by atoms with van der Waals surface area (Å²) in [5, 5.41) is 11.7. The molecule has 1 fully saturated rings. The molecule has 2 N–H and O–H groups in total. The highest BCUT2D eigenvalue weighted by Crippen LogP contribution is 2.36. The molecule has 1 aliphatic rings. The van der Waals surface area contributed by atoms with Gasteiger partial charge in [0, 0.05) is 0 Å². The fraction of sp³-hybridized carbons (Fsp3) is 0.125. The number of nitrogens with one attached hydrogen (secondary N) is 2. The maximum Gasteiger partial charge on any atom is 0.337 e. The topological polar surface area (TPSA) is 82.5 Å². The van der Waals surface area contributed by atoms with Crippen molar-refractivity contribution in [3.05, 3.63) is 107 Å². The number of ether oxygens (including phenoxy) is 1. The fourth-order valence-corrected chi connectivity index (χ4v) is 3.78. The number of carbonyl (C=O) groups is 2. The number of rotatable bonds is 5. The zero-order valence-electron chi connectivity index (χ0n) is 16.5. The summed E-state index contributed by atoms with van der Waals surface area (Å²) in [5.74, 6) is -0.676. The van der Waals surface area contributed by atoms with Crippen LogP contribution in [0.15, 0.2) is 84.9 Å². The van der Waals surface area contributed by atoms with E-state index in [2.05, 4.69) is 5.32 Å². The Hall–Kier alpha value is -3.93. The van der Waals surface area contributed by atoms with Crippen molar-refractivity contribution in [3.8, 4) is 0 Å². The SMILES string of the molecule is COC(=O)c1cccc(CN2C(=N)NC(c3ccccc3)(c3ccccc3)C2=O)c1. The van der Waals surface area contributed by atoms with Crippen LogP contribution in [0.2, 0.25) is 0 Å². The van der Waals surface area contributed by atoms with Crippen LogP contribution in [0.25, 0.3) is 0 Å². The van der Waals surface area contributed by atoms with Crippen LogP contribution in [-0.4, -0.2) is 29.8 Å². The van der Waals surface area contributed by atoms with E-state index in [1.54, 1.807) is 18.2 Å². The second-order valence-corrected chi connectivity index (χ2v) is 7.04. The highest BCUT2D eigenvalue weighted by atomic mass is 16.5. The number of hydrogen-bond donors (Lipinski definition) is 2. The zero-order valence-corrected chi connectivity index (χ0v) is 16.5. The van der Waals surface area contributed by atoms with E-state index in [0.717, 1.165) is 16.7 Å². The average molecular weight is 399 g/mol. The van der Waals surface area contributed by atoms with Crippen molar-refractivity contribution in [1.82, 2.24) is 10.2 Å². The van der Waals surface area contributed by atoms with Crippen LogP contribution >= 0.6 is 0 Å². The predicted octanol–water partition coefficient (Wildman–Crippen LogP) is 3.28. The maximum absolute atomic E-state index is 13.7. The molecule has 0 spiro atoms. The van der Waals surface area contributed by atoms with E-state index < -0.39 is 11.5 Å². The van der Waals surface area contributed by atoms with Crippen molar-refractivity contribution in [2.24, 2.45) is 0 Å². The highest BCUT2D eigenvalue weighted by molar-refractivity contribution is 6.10. The van der Waals surface area contributed by atoms with E-state index in [4.69, 9.17) is 10.1 Å². The van der Waals surface area contributed by atoms with E-state index in [-0.39, 0.29) is 18.4 Å². The van der Waals surface area contributed by atoms with Gasteiger partial charge in [-0.3, -0.25) is 15.1 Å². The quantitative estimate of drug-likeness (QED) is 0.645. The van der Waals surface area contributed by atoms with Crippen LogP contribution in [0, 0.1) is 5.41 Å². The summed E-state index contributed by atoms with van der Waals surface area (Å²) in [7, 11) is 1.33. The Balaban J connectivity index is 1.74. The van der Waals surface area contributed by atoms with E-state index in [0.29, 0.717) is 5.56 Å². The molecule has 4 rings (SSSR count). The minimum absolute atomic E-state index is 0.0103. The molecule has 0 radical (unpaired) electrons. The molecule has 1 heterocycles. The lowest BCUT2D eigenvalue weighted by molar-refractivity contribution is -0.130. The zero-order chi connectivity index (χ0) is 21.1. The highest BCUT2D eigenvalue weighted by Gasteiger charge is 2.52. The Kier molecular flexibility index (Phi) is 5.06. The first-order chi connectivity index (χ1) is 14.6. The molecular formula is C24H21N3O3. The van der Waals surface area contributed by atoms with Crippen molar-refractivity contribution >= 4 is 17.8 Å². The van der Waals surface area contributed by atoms with Crippen LogP contribution in [0.3, 0.4) is 0 Å². The second-order valence-electron chi connectivity index (χ2n) is 7.04. The second kappa shape index (κ2) is 7.83. The third-order valence-corrected chi connectivity index (χ3v) is 5.24. The Labute approximate surface area is 174 Å². The third kappa shape index (κ3) is 3.22. The number of esters is 1. The Morgan fingerprint density at radius 1 is 0.967 bits per heavy atom. The van der Waals surface area contributed by atoms with Gasteiger partial charge in [0.2, 0.25) is 0 Å². The van der Waals surface area contributed by atoms with E-state index in [1.807, 2.05) is 66.7 Å². The van der Waals surface area contributed by atoms with Gasteiger partial charge in [-0.1, -0.05) is 72.8 Å². The summed E-state index contributed by atoms with van der Waals surface area (Å²) in [6.07, 6.45) is 0. The summed E-state index contributed by atoms with van der Waals surface area (Å²) < 4.78 is 4.78. The summed E-state index contributed by atoms with van der Waals surface area (Å²) in [5.41, 5.74) is 1.47. The molecule has 0 aliphatic carbocycles. The Bertz CT molecular complexity index is 1060. The number of benzene rings is 3. The molecule has 30 heavy (non-hydrogen) atoms. The number of amides is 1. The summed E-state index contributed by atoms with van der Waals surface area (Å²) in [6.45, 7) is 0.164. The molecule has 1 saturated heterocycles. The van der Waals surface area contributed by atoms with Gasteiger partial charge in [-0.15, -0.1) is 0 Å². The molecule has 0 saturated carbocycles. The number of guanidine groups is 1. The Morgan fingerprint density at radius 2 is 1.57 bits per heavy atom. The molecule has 3 aromatic rings. The third-order valence-electron chi connectivity index (χ3n) is 5.24. The first kappa shape index (κ1) is 19.4. The van der Waals surface area contributed by atoms with Crippen LogP contribution < -0.4 is 5.32 Å². The minimum Gasteiger partial charge on any atom is -0.465 e. The van der Waals surface area contributed by atoms with Gasteiger partial charge in [0.1, 0.15) is 0 Å². The van der Waals surface area contributed by atoms with Crippen molar-refractivity contribution in [3.63, 3.8) is 0 Å². The first-order valence-electron chi connectivity index (χ1n) is 9.53. The van der Waals surface area contributed by atoms with Crippen LogP contribution in [-0.2, 0) is 21.6 Å². The standard InChI is InChI=1S/C24H21N3O3/c1-30-21(28)18-10-8-9-17(15-18)16-27-22(29)24(26-23(27)25,19-11-4-2-5-12-19)20-13-6-3-7-14-20/h2-15H,16H2,1H3,(H2,25,26). The van der Waals surface area contributed by atoms with Crippen molar-refractivity contribution in [2.75, 3.05) is 7.11 Å². The number of hydrogen-bond acceptors (Lipinski definition) is 4. The Morgan fingerprint density at radius 3 is 2.13 bits per heavy atom. The molecular weight excluding hydrogens is 378 g/mol. The van der Waals surface area contributed by atoms with E-state index in [1.165, 1.54) is 12.0 Å². The molecule has 0 atom stereocenters. The molecule has 1 amide bonds. The van der Waals surface area contributed by atoms with Gasteiger partial charge in [-0.25, -0.2) is 4.79 Å². The lowest BCUT2D eigenvalue weighted by Crippen LogP contribution is -2.45. The lowest BCUT2D eigenvalue weighted by Gasteiger charge is -2.28. The first-order valence-corrected chi connectivity index (χ1v) is 9.53. The van der Waals surface area contributed by atoms with Crippen LogP contribution in [0.5, 0.6) is 0 Å². The average Bonchev–Trinajstić information content (AvgIpc) is 3.05. The molecule has 6 nitrogen and oxygen atoms in total. The lowest BCUT2D eigenvalue weighted by atomic mass is 9.82.